The van der Waals surface area contributed by atoms with Crippen molar-refractivity contribution in [2.75, 3.05) is 39.4 Å². The lowest BCUT2D eigenvalue weighted by Gasteiger charge is -2.26. The van der Waals surface area contributed by atoms with E-state index in [0.29, 0.717) is 28.8 Å². The molecule has 2 heterocycles. The molecule has 1 aromatic heterocycles. The number of rotatable bonds is 6. The molecule has 0 unspecified atom stereocenters. The molecule has 2 N–H and O–H groups in total. The minimum atomic E-state index is -0.113. The van der Waals surface area contributed by atoms with E-state index in [1.807, 2.05) is 19.1 Å². The number of carbonyl (C=O) groups excluding carboxylic acids is 2. The average molecular weight is 426 g/mol. The second kappa shape index (κ2) is 8.91. The molecular formula is C22H23N3O4S. The number of aromatic nitrogens is 1. The standard InChI is InChI=1S/C22H23N3O4S/c1-14-20(21(28)23-6-7-25-8-10-29-11-9-25)30-22(24-14)16-2-4-17-15(12-16)3-5-19(27)18(17)13-26/h2-5,12-13,27H,6-11H2,1H3,(H,23,28). The Hall–Kier alpha value is -2.81. The number of amides is 1. The Bertz CT molecular complexity index is 1090. The molecule has 1 aliphatic rings. The highest BCUT2D eigenvalue weighted by Gasteiger charge is 2.17. The zero-order valence-electron chi connectivity index (χ0n) is 16.7. The third-order valence-corrected chi connectivity index (χ3v) is 6.43. The first-order valence-corrected chi connectivity index (χ1v) is 10.7. The van der Waals surface area contributed by atoms with Gasteiger partial charge < -0.3 is 15.2 Å². The number of thiazole rings is 1. The van der Waals surface area contributed by atoms with Crippen LogP contribution in [0, 0.1) is 6.92 Å². The first-order valence-electron chi connectivity index (χ1n) is 9.84. The van der Waals surface area contributed by atoms with Gasteiger partial charge in [-0.2, -0.15) is 0 Å². The van der Waals surface area contributed by atoms with Gasteiger partial charge in [0.25, 0.3) is 5.91 Å². The molecule has 0 spiro atoms. The number of hydrogen-bond acceptors (Lipinski definition) is 7. The molecule has 0 radical (unpaired) electrons. The number of nitrogens with zero attached hydrogens (tertiary/aromatic N) is 2. The van der Waals surface area contributed by atoms with Crippen molar-refractivity contribution in [1.82, 2.24) is 15.2 Å². The van der Waals surface area contributed by atoms with E-state index in [0.717, 1.165) is 48.8 Å². The van der Waals surface area contributed by atoms with Crippen LogP contribution in [0.1, 0.15) is 25.7 Å². The number of ether oxygens (including phenoxy) is 1. The van der Waals surface area contributed by atoms with Crippen molar-refractivity contribution >= 4 is 34.3 Å². The van der Waals surface area contributed by atoms with Gasteiger partial charge in [0.15, 0.2) is 6.29 Å². The van der Waals surface area contributed by atoms with Crippen molar-refractivity contribution < 1.29 is 19.4 Å². The van der Waals surface area contributed by atoms with Crippen LogP contribution in [-0.4, -0.2) is 66.6 Å². The number of benzene rings is 2. The molecule has 1 amide bonds. The van der Waals surface area contributed by atoms with Crippen LogP contribution >= 0.6 is 11.3 Å². The second-order valence-electron chi connectivity index (χ2n) is 7.20. The van der Waals surface area contributed by atoms with Crippen molar-refractivity contribution in [1.29, 1.82) is 0 Å². The van der Waals surface area contributed by atoms with E-state index in [1.165, 1.54) is 17.4 Å². The van der Waals surface area contributed by atoms with Crippen molar-refractivity contribution in [3.63, 3.8) is 0 Å². The van der Waals surface area contributed by atoms with Crippen molar-refractivity contribution in [3.05, 3.63) is 46.5 Å². The summed E-state index contributed by atoms with van der Waals surface area (Å²) in [6.07, 6.45) is 0.657. The molecule has 1 aliphatic heterocycles. The summed E-state index contributed by atoms with van der Waals surface area (Å²) < 4.78 is 5.34. The summed E-state index contributed by atoms with van der Waals surface area (Å²) in [6, 6.07) is 8.84. The van der Waals surface area contributed by atoms with E-state index in [-0.39, 0.29) is 17.2 Å². The number of fused-ring (bicyclic) bond motifs is 1. The molecule has 8 heteroatoms. The summed E-state index contributed by atoms with van der Waals surface area (Å²) in [7, 11) is 0. The molecule has 3 aromatic rings. The van der Waals surface area contributed by atoms with Crippen LogP contribution in [0.3, 0.4) is 0 Å². The Morgan fingerprint density at radius 1 is 1.30 bits per heavy atom. The highest BCUT2D eigenvalue weighted by molar-refractivity contribution is 7.17. The number of aryl methyl sites for hydroxylation is 1. The van der Waals surface area contributed by atoms with Gasteiger partial charge in [-0.1, -0.05) is 18.2 Å². The molecule has 1 saturated heterocycles. The molecular weight excluding hydrogens is 402 g/mol. The summed E-state index contributed by atoms with van der Waals surface area (Å²) in [5.74, 6) is -0.148. The van der Waals surface area contributed by atoms with Gasteiger partial charge >= 0.3 is 0 Å². The van der Waals surface area contributed by atoms with Gasteiger partial charge in [-0.15, -0.1) is 11.3 Å². The highest BCUT2D eigenvalue weighted by atomic mass is 32.1. The van der Waals surface area contributed by atoms with Crippen LogP contribution in [0.5, 0.6) is 5.75 Å². The molecule has 156 valence electrons. The lowest BCUT2D eigenvalue weighted by Crippen LogP contribution is -2.41. The Morgan fingerprint density at radius 3 is 2.87 bits per heavy atom. The molecule has 0 bridgehead atoms. The van der Waals surface area contributed by atoms with Crippen LogP contribution in [0.2, 0.25) is 0 Å². The zero-order chi connectivity index (χ0) is 21.1. The predicted octanol–water partition coefficient (Wildman–Crippen LogP) is 2.85. The first-order chi connectivity index (χ1) is 14.6. The third-order valence-electron chi connectivity index (χ3n) is 5.22. The lowest BCUT2D eigenvalue weighted by molar-refractivity contribution is 0.0383. The van der Waals surface area contributed by atoms with Gasteiger partial charge in [-0.05, 0) is 29.8 Å². The Balaban J connectivity index is 1.49. The Labute approximate surface area is 178 Å². The van der Waals surface area contributed by atoms with Gasteiger partial charge in [0, 0.05) is 31.7 Å². The summed E-state index contributed by atoms with van der Waals surface area (Å²) >= 11 is 1.35. The van der Waals surface area contributed by atoms with Crippen LogP contribution in [0.15, 0.2) is 30.3 Å². The van der Waals surface area contributed by atoms with Gasteiger partial charge in [0.2, 0.25) is 0 Å². The zero-order valence-corrected chi connectivity index (χ0v) is 17.5. The molecule has 4 rings (SSSR count). The van der Waals surface area contributed by atoms with Crippen molar-refractivity contribution in [3.8, 4) is 16.3 Å². The highest BCUT2D eigenvalue weighted by Crippen LogP contribution is 2.32. The second-order valence-corrected chi connectivity index (χ2v) is 8.19. The SMILES string of the molecule is Cc1nc(-c2ccc3c(C=O)c(O)ccc3c2)sc1C(=O)NCCN1CCOCC1. The van der Waals surface area contributed by atoms with Gasteiger partial charge in [0.05, 0.1) is 24.5 Å². The monoisotopic (exact) mass is 425 g/mol. The summed E-state index contributed by atoms with van der Waals surface area (Å²) in [5, 5.41) is 15.1. The number of aldehydes is 1. The summed E-state index contributed by atoms with van der Waals surface area (Å²) in [5.41, 5.74) is 1.83. The van der Waals surface area contributed by atoms with Crippen LogP contribution < -0.4 is 5.32 Å². The number of hydrogen-bond donors (Lipinski definition) is 2. The van der Waals surface area contributed by atoms with Gasteiger partial charge in [-0.25, -0.2) is 4.98 Å². The fourth-order valence-electron chi connectivity index (χ4n) is 3.56. The molecule has 30 heavy (non-hydrogen) atoms. The molecule has 2 aromatic carbocycles. The molecule has 7 nitrogen and oxygen atoms in total. The van der Waals surface area contributed by atoms with Crippen molar-refractivity contribution in [2.24, 2.45) is 0 Å². The topological polar surface area (TPSA) is 91.8 Å². The van der Waals surface area contributed by atoms with Crippen LogP contribution in [0.25, 0.3) is 21.3 Å². The molecule has 0 aliphatic carbocycles. The number of morpholine rings is 1. The quantitative estimate of drug-likeness (QED) is 0.590. The van der Waals surface area contributed by atoms with E-state index in [1.54, 1.807) is 12.1 Å². The molecule has 0 atom stereocenters. The van der Waals surface area contributed by atoms with E-state index in [4.69, 9.17) is 4.74 Å². The lowest BCUT2D eigenvalue weighted by atomic mass is 10.0. The minimum absolute atomic E-state index is 0.0358. The molecule has 1 fully saturated rings. The Morgan fingerprint density at radius 2 is 2.10 bits per heavy atom. The van der Waals surface area contributed by atoms with Gasteiger partial charge in [0.1, 0.15) is 15.6 Å². The van der Waals surface area contributed by atoms with E-state index >= 15 is 0 Å². The summed E-state index contributed by atoms with van der Waals surface area (Å²) in [4.78, 5) is 31.4. The number of aromatic hydroxyl groups is 1. The maximum Gasteiger partial charge on any atom is 0.263 e. The third kappa shape index (κ3) is 4.21. The molecule has 0 saturated carbocycles. The largest absolute Gasteiger partial charge is 0.507 e. The van der Waals surface area contributed by atoms with E-state index < -0.39 is 0 Å². The van der Waals surface area contributed by atoms with Crippen LogP contribution in [0.4, 0.5) is 0 Å². The summed E-state index contributed by atoms with van der Waals surface area (Å²) in [6.45, 7) is 6.49. The Kier molecular flexibility index (Phi) is 6.08. The maximum absolute atomic E-state index is 12.6. The van der Waals surface area contributed by atoms with Gasteiger partial charge in [-0.3, -0.25) is 14.5 Å². The first kappa shape index (κ1) is 20.5. The average Bonchev–Trinajstić information content (AvgIpc) is 3.16. The number of nitrogens with one attached hydrogen (secondary N) is 1. The predicted molar refractivity (Wildman–Crippen MR) is 116 cm³/mol. The van der Waals surface area contributed by atoms with Crippen LogP contribution in [-0.2, 0) is 4.74 Å². The number of phenolic OH excluding ortho intramolecular Hbond substituents is 1. The van der Waals surface area contributed by atoms with E-state index in [2.05, 4.69) is 15.2 Å². The fourth-order valence-corrected chi connectivity index (χ4v) is 4.54. The maximum atomic E-state index is 12.6. The normalized spacial score (nSPS) is 14.7. The minimum Gasteiger partial charge on any atom is -0.507 e. The number of carbonyl (C=O) groups is 2. The van der Waals surface area contributed by atoms with E-state index in [9.17, 15) is 14.7 Å². The number of phenols is 1. The fraction of sp³-hybridized carbons (Fsp3) is 0.318. The van der Waals surface area contributed by atoms with Crippen molar-refractivity contribution in [2.45, 2.75) is 6.92 Å². The smallest absolute Gasteiger partial charge is 0.263 e.